The van der Waals surface area contributed by atoms with Gasteiger partial charge in [-0.25, -0.2) is 8.42 Å². The number of sulfone groups is 1. The molecule has 1 unspecified atom stereocenters. The highest BCUT2D eigenvalue weighted by Crippen LogP contribution is 2.28. The van der Waals surface area contributed by atoms with Crippen LogP contribution >= 0.6 is 0 Å². The van der Waals surface area contributed by atoms with E-state index in [1.54, 1.807) is 12.1 Å². The first kappa shape index (κ1) is 10.4. The van der Waals surface area contributed by atoms with Crippen LogP contribution in [0.3, 0.4) is 0 Å². The minimum absolute atomic E-state index is 0.120. The fraction of sp³-hybridized carbons (Fsp3) is 0.200. The van der Waals surface area contributed by atoms with E-state index in [1.807, 2.05) is 0 Å². The predicted octanol–water partition coefficient (Wildman–Crippen LogP) is 0.437. The number of nitrogens with two attached hydrogens (primary N) is 1. The molecule has 4 nitrogen and oxygen atoms in total. The van der Waals surface area contributed by atoms with Crippen LogP contribution in [0.4, 0.5) is 0 Å². The zero-order valence-electron chi connectivity index (χ0n) is 7.92. The van der Waals surface area contributed by atoms with Gasteiger partial charge in [0, 0.05) is 12.0 Å². The summed E-state index contributed by atoms with van der Waals surface area (Å²) in [6, 6.07) is 4.73. The molecular weight excluding hydrogens is 214 g/mol. The van der Waals surface area contributed by atoms with Crippen LogP contribution in [0.5, 0.6) is 0 Å². The second-order valence-electron chi connectivity index (χ2n) is 3.40. The average Bonchev–Trinajstić information content (AvgIpc) is 2.53. The van der Waals surface area contributed by atoms with Gasteiger partial charge in [0.25, 0.3) is 0 Å². The van der Waals surface area contributed by atoms with Crippen LogP contribution in [0.15, 0.2) is 28.5 Å². The number of aliphatic hydroxyl groups is 1. The maximum absolute atomic E-state index is 11.4. The van der Waals surface area contributed by atoms with E-state index < -0.39 is 15.9 Å². The molecule has 0 spiro atoms. The van der Waals surface area contributed by atoms with Crippen molar-refractivity contribution in [3.63, 3.8) is 0 Å². The number of fused-ring (bicyclic) bond motifs is 1. The lowest BCUT2D eigenvalue weighted by molar-refractivity contribution is 0.186. The molecule has 1 heterocycles. The molecule has 2 rings (SSSR count). The molecule has 0 aromatic heterocycles. The molecule has 5 heteroatoms. The van der Waals surface area contributed by atoms with Crippen molar-refractivity contribution in [2.24, 2.45) is 5.73 Å². The zero-order chi connectivity index (χ0) is 11.1. The van der Waals surface area contributed by atoms with Crippen LogP contribution in [-0.4, -0.2) is 20.1 Å². The summed E-state index contributed by atoms with van der Waals surface area (Å²) in [5, 5.41) is 10.7. The van der Waals surface area contributed by atoms with Crippen LogP contribution in [0, 0.1) is 0 Å². The normalized spacial score (nSPS) is 18.8. The van der Waals surface area contributed by atoms with Crippen molar-refractivity contribution in [3.8, 4) is 0 Å². The standard InChI is InChI=1S/C10H11NO3S/c11-6-9(12)7-1-2-10-8(5-7)3-4-15(10,13)14/h1-5,9,12H,6,11H2. The Morgan fingerprint density at radius 2 is 2.13 bits per heavy atom. The molecule has 1 aromatic rings. The van der Waals surface area contributed by atoms with Crippen molar-refractivity contribution in [2.45, 2.75) is 11.0 Å². The molecule has 15 heavy (non-hydrogen) atoms. The summed E-state index contributed by atoms with van der Waals surface area (Å²) in [5.41, 5.74) is 6.56. The van der Waals surface area contributed by atoms with E-state index in [-0.39, 0.29) is 11.4 Å². The van der Waals surface area contributed by atoms with Crippen LogP contribution in [0.2, 0.25) is 0 Å². The number of hydrogen-bond acceptors (Lipinski definition) is 4. The Morgan fingerprint density at radius 1 is 1.40 bits per heavy atom. The summed E-state index contributed by atoms with van der Waals surface area (Å²) in [6.45, 7) is 0.120. The van der Waals surface area contributed by atoms with Gasteiger partial charge < -0.3 is 10.8 Å². The van der Waals surface area contributed by atoms with Gasteiger partial charge in [-0.2, -0.15) is 0 Å². The van der Waals surface area contributed by atoms with Gasteiger partial charge in [0.05, 0.1) is 11.0 Å². The van der Waals surface area contributed by atoms with Crippen molar-refractivity contribution < 1.29 is 13.5 Å². The highest BCUT2D eigenvalue weighted by Gasteiger charge is 2.21. The molecule has 1 atom stereocenters. The number of aliphatic hydroxyl groups excluding tert-OH is 1. The first-order valence-corrected chi connectivity index (χ1v) is 6.04. The van der Waals surface area contributed by atoms with E-state index in [4.69, 9.17) is 5.73 Å². The van der Waals surface area contributed by atoms with Crippen molar-refractivity contribution in [3.05, 3.63) is 34.7 Å². The van der Waals surface area contributed by atoms with Crippen LogP contribution < -0.4 is 5.73 Å². The highest BCUT2D eigenvalue weighted by molar-refractivity contribution is 7.94. The molecule has 1 aliphatic heterocycles. The maximum atomic E-state index is 11.4. The molecular formula is C10H11NO3S. The topological polar surface area (TPSA) is 80.4 Å². The minimum atomic E-state index is -3.25. The van der Waals surface area contributed by atoms with Crippen molar-refractivity contribution in [1.82, 2.24) is 0 Å². The van der Waals surface area contributed by atoms with Gasteiger partial charge in [-0.15, -0.1) is 0 Å². The summed E-state index contributed by atoms with van der Waals surface area (Å²) >= 11 is 0. The van der Waals surface area contributed by atoms with Crippen molar-refractivity contribution >= 4 is 15.9 Å². The second-order valence-corrected chi connectivity index (χ2v) is 5.20. The number of benzene rings is 1. The Balaban J connectivity index is 2.51. The minimum Gasteiger partial charge on any atom is -0.387 e. The first-order chi connectivity index (χ1) is 7.04. The molecule has 0 radical (unpaired) electrons. The van der Waals surface area contributed by atoms with Gasteiger partial charge in [0.2, 0.25) is 0 Å². The molecule has 0 amide bonds. The molecule has 80 valence electrons. The third-order valence-electron chi connectivity index (χ3n) is 2.38. The summed E-state index contributed by atoms with van der Waals surface area (Å²) in [5.74, 6) is 0. The van der Waals surface area contributed by atoms with E-state index in [0.717, 1.165) is 5.41 Å². The van der Waals surface area contributed by atoms with Crippen LogP contribution in [0.1, 0.15) is 17.2 Å². The first-order valence-electron chi connectivity index (χ1n) is 4.50. The molecule has 0 fully saturated rings. The average molecular weight is 225 g/mol. The van der Waals surface area contributed by atoms with E-state index in [1.165, 1.54) is 12.1 Å². The monoisotopic (exact) mass is 225 g/mol. The lowest BCUT2D eigenvalue weighted by atomic mass is 10.1. The van der Waals surface area contributed by atoms with Gasteiger partial charge >= 0.3 is 0 Å². The smallest absolute Gasteiger partial charge is 0.200 e. The van der Waals surface area contributed by atoms with E-state index >= 15 is 0 Å². The van der Waals surface area contributed by atoms with Gasteiger partial charge in [0.1, 0.15) is 0 Å². The summed E-state index contributed by atoms with van der Waals surface area (Å²) < 4.78 is 22.9. The van der Waals surface area contributed by atoms with Gasteiger partial charge in [-0.05, 0) is 29.3 Å². The second kappa shape index (κ2) is 3.44. The Hall–Kier alpha value is -1.17. The van der Waals surface area contributed by atoms with Crippen LogP contribution in [-0.2, 0) is 9.84 Å². The lowest BCUT2D eigenvalue weighted by Gasteiger charge is -2.09. The van der Waals surface area contributed by atoms with Gasteiger partial charge in [-0.3, -0.25) is 0 Å². The van der Waals surface area contributed by atoms with E-state index in [2.05, 4.69) is 0 Å². The van der Waals surface area contributed by atoms with Gasteiger partial charge in [0.15, 0.2) is 9.84 Å². The molecule has 3 N–H and O–H groups in total. The fourth-order valence-corrected chi connectivity index (χ4v) is 2.72. The number of rotatable bonds is 2. The summed E-state index contributed by atoms with van der Waals surface area (Å²) in [4.78, 5) is 0.287. The summed E-state index contributed by atoms with van der Waals surface area (Å²) in [7, 11) is -3.25. The molecule has 1 aliphatic rings. The Morgan fingerprint density at radius 3 is 2.80 bits per heavy atom. The van der Waals surface area contributed by atoms with Crippen LogP contribution in [0.25, 0.3) is 6.08 Å². The third-order valence-corrected chi connectivity index (χ3v) is 3.85. The Bertz CT molecular complexity index is 519. The molecule has 0 saturated heterocycles. The highest BCUT2D eigenvalue weighted by atomic mass is 32.2. The van der Waals surface area contributed by atoms with Crippen molar-refractivity contribution in [1.29, 1.82) is 0 Å². The Kier molecular flexibility index (Phi) is 2.38. The zero-order valence-corrected chi connectivity index (χ0v) is 8.74. The predicted molar refractivity (Wildman–Crippen MR) is 56.7 cm³/mol. The van der Waals surface area contributed by atoms with E-state index in [0.29, 0.717) is 11.1 Å². The number of hydrogen-bond donors (Lipinski definition) is 2. The molecule has 0 aliphatic carbocycles. The SMILES string of the molecule is NCC(O)c1ccc2c(c1)C=CS2(=O)=O. The largest absolute Gasteiger partial charge is 0.387 e. The molecule has 0 bridgehead atoms. The fourth-order valence-electron chi connectivity index (χ4n) is 1.54. The Labute approximate surface area is 88.0 Å². The third kappa shape index (κ3) is 1.69. The summed E-state index contributed by atoms with van der Waals surface area (Å²) in [6.07, 6.45) is 0.782. The quantitative estimate of drug-likeness (QED) is 0.765. The molecule has 1 aromatic carbocycles. The van der Waals surface area contributed by atoms with Gasteiger partial charge in [-0.1, -0.05) is 6.07 Å². The van der Waals surface area contributed by atoms with Crippen molar-refractivity contribution in [2.75, 3.05) is 6.54 Å². The lowest BCUT2D eigenvalue weighted by Crippen LogP contribution is -2.11. The molecule has 0 saturated carbocycles. The van der Waals surface area contributed by atoms with E-state index in [9.17, 15) is 13.5 Å². The maximum Gasteiger partial charge on any atom is 0.200 e.